The Morgan fingerprint density at radius 2 is 2.00 bits per heavy atom. The first kappa shape index (κ1) is 17.8. The minimum absolute atomic E-state index is 0.0175. The van der Waals surface area contributed by atoms with Crippen molar-refractivity contribution in [3.8, 4) is 28.5 Å². The summed E-state index contributed by atoms with van der Waals surface area (Å²) in [4.78, 5) is 16.8. The SMILES string of the molecule is CCOc1ccc(-c2csc(NC(=O)c3ccc(O)c(OC)c3)n2)cc1. The number of hydrogen-bond donors (Lipinski definition) is 2. The van der Waals surface area contributed by atoms with E-state index in [4.69, 9.17) is 9.47 Å². The number of amides is 1. The number of rotatable bonds is 6. The molecular formula is C19H18N2O4S. The van der Waals surface area contributed by atoms with Crippen molar-refractivity contribution in [3.63, 3.8) is 0 Å². The lowest BCUT2D eigenvalue weighted by Crippen LogP contribution is -2.11. The fourth-order valence-corrected chi connectivity index (χ4v) is 3.06. The Morgan fingerprint density at radius 3 is 2.69 bits per heavy atom. The van der Waals surface area contributed by atoms with Gasteiger partial charge in [0.2, 0.25) is 0 Å². The van der Waals surface area contributed by atoms with Crippen molar-refractivity contribution in [2.75, 3.05) is 19.0 Å². The number of thiazole rings is 1. The monoisotopic (exact) mass is 370 g/mol. The third kappa shape index (κ3) is 3.94. The molecule has 2 N–H and O–H groups in total. The van der Waals surface area contributed by atoms with Gasteiger partial charge in [-0.3, -0.25) is 10.1 Å². The third-order valence-corrected chi connectivity index (χ3v) is 4.39. The van der Waals surface area contributed by atoms with Gasteiger partial charge in [0, 0.05) is 16.5 Å². The Kier molecular flexibility index (Phi) is 5.38. The second-order valence-electron chi connectivity index (χ2n) is 5.34. The van der Waals surface area contributed by atoms with E-state index in [-0.39, 0.29) is 17.4 Å². The third-order valence-electron chi connectivity index (χ3n) is 3.63. The molecule has 0 aliphatic heterocycles. The predicted molar refractivity (Wildman–Crippen MR) is 101 cm³/mol. The number of aromatic nitrogens is 1. The minimum atomic E-state index is -0.323. The number of hydrogen-bond acceptors (Lipinski definition) is 6. The van der Waals surface area contributed by atoms with Crippen LogP contribution in [0.15, 0.2) is 47.8 Å². The molecule has 3 aromatic rings. The first-order valence-corrected chi connectivity index (χ1v) is 8.85. The van der Waals surface area contributed by atoms with Gasteiger partial charge in [-0.1, -0.05) is 0 Å². The number of carbonyl (C=O) groups excluding carboxylic acids is 1. The van der Waals surface area contributed by atoms with Gasteiger partial charge in [-0.2, -0.15) is 0 Å². The van der Waals surface area contributed by atoms with E-state index >= 15 is 0 Å². The normalized spacial score (nSPS) is 10.4. The average Bonchev–Trinajstić information content (AvgIpc) is 3.11. The van der Waals surface area contributed by atoms with Gasteiger partial charge in [-0.15, -0.1) is 11.3 Å². The van der Waals surface area contributed by atoms with Gasteiger partial charge in [-0.05, 0) is 49.4 Å². The van der Waals surface area contributed by atoms with Crippen molar-refractivity contribution in [2.45, 2.75) is 6.92 Å². The Labute approximate surface area is 155 Å². The molecule has 7 heteroatoms. The van der Waals surface area contributed by atoms with Crippen molar-refractivity contribution in [3.05, 3.63) is 53.4 Å². The Hall–Kier alpha value is -3.06. The molecule has 134 valence electrons. The molecular weight excluding hydrogens is 352 g/mol. The van der Waals surface area contributed by atoms with Crippen molar-refractivity contribution in [1.82, 2.24) is 4.98 Å². The Bertz CT molecular complexity index is 906. The second kappa shape index (κ2) is 7.88. The highest BCUT2D eigenvalue weighted by Crippen LogP contribution is 2.29. The molecule has 0 fully saturated rings. The highest BCUT2D eigenvalue weighted by atomic mass is 32.1. The van der Waals surface area contributed by atoms with Crippen LogP contribution in [0.1, 0.15) is 17.3 Å². The van der Waals surface area contributed by atoms with Crippen LogP contribution in [0.2, 0.25) is 0 Å². The van der Waals surface area contributed by atoms with Crippen LogP contribution in [0.5, 0.6) is 17.2 Å². The maximum atomic E-state index is 12.4. The van der Waals surface area contributed by atoms with Crippen LogP contribution in [-0.2, 0) is 0 Å². The highest BCUT2D eigenvalue weighted by molar-refractivity contribution is 7.14. The lowest BCUT2D eigenvalue weighted by molar-refractivity contribution is 0.102. The van der Waals surface area contributed by atoms with Gasteiger partial charge in [0.15, 0.2) is 16.6 Å². The van der Waals surface area contributed by atoms with Crippen molar-refractivity contribution in [2.24, 2.45) is 0 Å². The standard InChI is InChI=1S/C19H18N2O4S/c1-3-25-14-7-4-12(5-8-14)15-11-26-19(20-15)21-18(23)13-6-9-16(22)17(10-13)24-2/h4-11,22H,3H2,1-2H3,(H,20,21,23). The van der Waals surface area contributed by atoms with Crippen LogP contribution in [0.25, 0.3) is 11.3 Å². The molecule has 2 aromatic carbocycles. The summed E-state index contributed by atoms with van der Waals surface area (Å²) >= 11 is 1.34. The molecule has 3 rings (SSSR count). The molecule has 1 heterocycles. The quantitative estimate of drug-likeness (QED) is 0.680. The fourth-order valence-electron chi connectivity index (χ4n) is 2.34. The second-order valence-corrected chi connectivity index (χ2v) is 6.19. The van der Waals surface area contributed by atoms with Crippen LogP contribution >= 0.6 is 11.3 Å². The average molecular weight is 370 g/mol. The molecule has 0 unspecified atom stereocenters. The molecule has 0 aliphatic carbocycles. The topological polar surface area (TPSA) is 80.7 Å². The maximum Gasteiger partial charge on any atom is 0.257 e. The van der Waals surface area contributed by atoms with E-state index in [0.717, 1.165) is 17.0 Å². The van der Waals surface area contributed by atoms with E-state index in [1.165, 1.54) is 36.6 Å². The van der Waals surface area contributed by atoms with Crippen molar-refractivity contribution < 1.29 is 19.4 Å². The van der Waals surface area contributed by atoms with E-state index in [0.29, 0.717) is 17.3 Å². The van der Waals surface area contributed by atoms with Gasteiger partial charge >= 0.3 is 0 Å². The summed E-state index contributed by atoms with van der Waals surface area (Å²) in [7, 11) is 1.43. The zero-order valence-corrected chi connectivity index (χ0v) is 15.2. The van der Waals surface area contributed by atoms with Crippen LogP contribution < -0.4 is 14.8 Å². The van der Waals surface area contributed by atoms with E-state index in [2.05, 4.69) is 10.3 Å². The van der Waals surface area contributed by atoms with Gasteiger partial charge in [0.1, 0.15) is 5.75 Å². The molecule has 1 amide bonds. The minimum Gasteiger partial charge on any atom is -0.504 e. The number of phenols is 1. The van der Waals surface area contributed by atoms with Crippen LogP contribution in [0.3, 0.4) is 0 Å². The summed E-state index contributed by atoms with van der Waals surface area (Å²) in [6, 6.07) is 12.0. The largest absolute Gasteiger partial charge is 0.504 e. The predicted octanol–water partition coefficient (Wildman–Crippen LogP) is 4.18. The zero-order chi connectivity index (χ0) is 18.5. The fraction of sp³-hybridized carbons (Fsp3) is 0.158. The number of carbonyl (C=O) groups is 1. The molecule has 0 radical (unpaired) electrons. The summed E-state index contributed by atoms with van der Waals surface area (Å²) < 4.78 is 10.4. The molecule has 26 heavy (non-hydrogen) atoms. The summed E-state index contributed by atoms with van der Waals surface area (Å²) in [5, 5.41) is 14.7. The highest BCUT2D eigenvalue weighted by Gasteiger charge is 2.12. The number of nitrogens with zero attached hydrogens (tertiary/aromatic N) is 1. The lowest BCUT2D eigenvalue weighted by Gasteiger charge is -2.06. The van der Waals surface area contributed by atoms with E-state index < -0.39 is 0 Å². The molecule has 0 saturated carbocycles. The molecule has 0 spiro atoms. The van der Waals surface area contributed by atoms with Gasteiger partial charge < -0.3 is 14.6 Å². The molecule has 0 bridgehead atoms. The first-order valence-electron chi connectivity index (χ1n) is 7.98. The summed E-state index contributed by atoms with van der Waals surface area (Å²) in [5.41, 5.74) is 2.09. The smallest absolute Gasteiger partial charge is 0.257 e. The van der Waals surface area contributed by atoms with E-state index in [1.807, 2.05) is 36.6 Å². The maximum absolute atomic E-state index is 12.4. The Balaban J connectivity index is 1.72. The number of methoxy groups -OCH3 is 1. The van der Waals surface area contributed by atoms with Crippen molar-refractivity contribution >= 4 is 22.4 Å². The number of phenolic OH excluding ortho intramolecular Hbond substituents is 1. The molecule has 6 nitrogen and oxygen atoms in total. The molecule has 1 aromatic heterocycles. The first-order chi connectivity index (χ1) is 12.6. The van der Waals surface area contributed by atoms with Crippen molar-refractivity contribution in [1.29, 1.82) is 0 Å². The lowest BCUT2D eigenvalue weighted by atomic mass is 10.2. The van der Waals surface area contributed by atoms with Gasteiger partial charge in [-0.25, -0.2) is 4.98 Å². The van der Waals surface area contributed by atoms with Crippen LogP contribution in [-0.4, -0.2) is 29.7 Å². The molecule has 0 saturated heterocycles. The van der Waals surface area contributed by atoms with Crippen LogP contribution in [0, 0.1) is 0 Å². The Morgan fingerprint density at radius 1 is 1.23 bits per heavy atom. The number of aromatic hydroxyl groups is 1. The molecule has 0 aliphatic rings. The molecule has 0 atom stereocenters. The van der Waals surface area contributed by atoms with Gasteiger partial charge in [0.25, 0.3) is 5.91 Å². The van der Waals surface area contributed by atoms with Gasteiger partial charge in [0.05, 0.1) is 19.4 Å². The zero-order valence-electron chi connectivity index (χ0n) is 14.4. The number of ether oxygens (including phenoxy) is 2. The number of anilines is 1. The van der Waals surface area contributed by atoms with Crippen LogP contribution in [0.4, 0.5) is 5.13 Å². The number of benzene rings is 2. The summed E-state index contributed by atoms with van der Waals surface area (Å²) in [6.07, 6.45) is 0. The number of nitrogens with one attached hydrogen (secondary N) is 1. The summed E-state index contributed by atoms with van der Waals surface area (Å²) in [5.74, 6) is 0.708. The summed E-state index contributed by atoms with van der Waals surface area (Å²) in [6.45, 7) is 2.56. The van der Waals surface area contributed by atoms with E-state index in [9.17, 15) is 9.90 Å². The van der Waals surface area contributed by atoms with E-state index in [1.54, 1.807) is 0 Å².